The number of ether oxygens (including phenoxy) is 6. The molecule has 0 aromatic heterocycles. The van der Waals surface area contributed by atoms with Gasteiger partial charge in [-0.2, -0.15) is 0 Å². The molecule has 1 amide bonds. The lowest BCUT2D eigenvalue weighted by atomic mass is 9.44. The van der Waals surface area contributed by atoms with Gasteiger partial charge in [0.25, 0.3) is 5.91 Å². The van der Waals surface area contributed by atoms with Gasteiger partial charge in [-0.1, -0.05) is 80.6 Å². The monoisotopic (exact) mass is 1000 g/mol. The summed E-state index contributed by atoms with van der Waals surface area (Å²) in [7, 11) is 1.66. The molecule has 4 aromatic carbocycles. The number of aliphatic hydroxyl groups is 2. The van der Waals surface area contributed by atoms with Crippen molar-refractivity contribution in [2.24, 2.45) is 16.7 Å². The summed E-state index contributed by atoms with van der Waals surface area (Å²) in [5.74, 6) is -8.01. The number of Topliss-reactive ketones (excluding diaryl/α,β-unsaturated/α-hetero) is 1. The molecule has 3 fully saturated rings. The number of carbonyl (C=O) groups excluding carboxylic acids is 7. The van der Waals surface area contributed by atoms with Gasteiger partial charge in [0, 0.05) is 50.4 Å². The van der Waals surface area contributed by atoms with Gasteiger partial charge in [0.15, 0.2) is 17.5 Å². The number of rotatable bonds is 14. The number of hydrazine groups is 1. The summed E-state index contributed by atoms with van der Waals surface area (Å²) in [4.78, 5) is 100. The Morgan fingerprint density at radius 3 is 1.90 bits per heavy atom. The summed E-state index contributed by atoms with van der Waals surface area (Å²) in [5.41, 5.74) is -1.12. The zero-order valence-electron chi connectivity index (χ0n) is 41.4. The van der Waals surface area contributed by atoms with Gasteiger partial charge in [0.1, 0.15) is 30.0 Å². The molecule has 2 bridgehead atoms. The number of esters is 5. The normalized spacial score (nSPS) is 28.6. The number of ketones is 1. The van der Waals surface area contributed by atoms with E-state index >= 15 is 9.59 Å². The number of benzene rings is 4. The second kappa shape index (κ2) is 20.3. The third kappa shape index (κ3) is 9.39. The molecule has 1 heterocycles. The Morgan fingerprint density at radius 1 is 0.753 bits per heavy atom. The molecule has 18 nitrogen and oxygen atoms in total. The van der Waals surface area contributed by atoms with E-state index in [-0.39, 0.29) is 40.9 Å². The Balaban J connectivity index is 1.30. The lowest BCUT2D eigenvalue weighted by molar-refractivity contribution is -0.346. The Bertz CT molecular complexity index is 2810. The van der Waals surface area contributed by atoms with Crippen molar-refractivity contribution in [3.63, 3.8) is 0 Å². The topological polar surface area (TPSA) is 251 Å². The number of carbonyl (C=O) groups is 7. The van der Waals surface area contributed by atoms with E-state index in [9.17, 15) is 34.2 Å². The molecule has 18 heteroatoms. The number of hydrogen-bond acceptors (Lipinski definition) is 17. The molecule has 4 aromatic rings. The number of anilines is 1. The number of fused-ring (bicyclic) bond motifs is 5. The van der Waals surface area contributed by atoms with Crippen LogP contribution in [-0.2, 0) is 47.6 Å². The van der Waals surface area contributed by atoms with E-state index in [1.165, 1.54) is 38.1 Å². The Hall–Kier alpha value is -7.25. The first-order valence-corrected chi connectivity index (χ1v) is 23.9. The molecular formula is C55H59N3O15. The molecule has 1 saturated heterocycles. The Kier molecular flexibility index (Phi) is 14.5. The first kappa shape index (κ1) is 52.1. The lowest BCUT2D eigenvalue weighted by Gasteiger charge is -2.67. The van der Waals surface area contributed by atoms with E-state index in [1.807, 2.05) is 0 Å². The smallest absolute Gasteiger partial charge is 0.350 e. The van der Waals surface area contributed by atoms with Crippen LogP contribution in [0.5, 0.6) is 0 Å². The molecule has 1 aliphatic heterocycles. The van der Waals surface area contributed by atoms with Crippen molar-refractivity contribution in [2.45, 2.75) is 108 Å². The third-order valence-corrected chi connectivity index (χ3v) is 15.1. The maximum atomic E-state index is 15.8. The predicted octanol–water partition coefficient (Wildman–Crippen LogP) is 5.15. The molecule has 3 aliphatic carbocycles. The van der Waals surface area contributed by atoms with E-state index in [0.29, 0.717) is 11.3 Å². The van der Waals surface area contributed by atoms with E-state index in [2.05, 4.69) is 16.2 Å². The highest BCUT2D eigenvalue weighted by atomic mass is 16.6. The molecule has 0 radical (unpaired) electrons. The summed E-state index contributed by atoms with van der Waals surface area (Å²) < 4.78 is 37.0. The molecule has 1 unspecified atom stereocenters. The highest BCUT2D eigenvalue weighted by molar-refractivity contribution is 5.97. The standard InChI is InChI=1S/C55H59N3O15/c1-30-38(70-51(66)44(71-49(64)36-23-25-37(26-24-36)58-56-7)42(33-17-11-8-12-18-33)57-48(63)34-19-13-9-14-20-34)28-55(67)47(72-50(65)35-21-15-10-16-22-35)45-53(6,39(61)27-40-54(45,29-68-40)73-32(3)60)46(62)43(69-31(2)59)41(30)52(55,4)5/h8-26,38-40,42-45,47,56,58,61,67H,27-29H2,1-7H3,(H,57,63)/t38-,39-,40+,42-,43?,44+,45-,47-,53+,54-,55+/m0/s1. The fourth-order valence-electron chi connectivity index (χ4n) is 11.3. The molecular weight excluding hydrogens is 943 g/mol. The minimum Gasteiger partial charge on any atom is -0.455 e. The molecule has 11 atom stereocenters. The Morgan fingerprint density at radius 2 is 1.34 bits per heavy atom. The van der Waals surface area contributed by atoms with Crippen LogP contribution in [0, 0.1) is 16.7 Å². The minimum absolute atomic E-state index is 0.0264. The molecule has 384 valence electrons. The average Bonchev–Trinajstić information content (AvgIpc) is 3.36. The summed E-state index contributed by atoms with van der Waals surface area (Å²) in [6, 6.07) is 28.9. The van der Waals surface area contributed by atoms with Crippen LogP contribution in [0.3, 0.4) is 0 Å². The fourth-order valence-corrected chi connectivity index (χ4v) is 11.3. The molecule has 0 spiro atoms. The first-order valence-electron chi connectivity index (χ1n) is 23.9. The van der Waals surface area contributed by atoms with Crippen molar-refractivity contribution in [1.82, 2.24) is 10.7 Å². The van der Waals surface area contributed by atoms with E-state index in [0.717, 1.165) is 13.8 Å². The van der Waals surface area contributed by atoms with E-state index in [4.69, 9.17) is 28.4 Å². The van der Waals surface area contributed by atoms with Crippen LogP contribution in [-0.4, -0.2) is 113 Å². The van der Waals surface area contributed by atoms with Gasteiger partial charge < -0.3 is 49.4 Å². The lowest BCUT2D eigenvalue weighted by Crippen LogP contribution is -2.82. The maximum absolute atomic E-state index is 15.8. The number of amides is 1. The van der Waals surface area contributed by atoms with Crippen molar-refractivity contribution in [3.05, 3.63) is 149 Å². The summed E-state index contributed by atoms with van der Waals surface area (Å²) in [6.45, 7) is 7.90. The predicted molar refractivity (Wildman–Crippen MR) is 260 cm³/mol. The van der Waals surface area contributed by atoms with Crippen molar-refractivity contribution < 1.29 is 72.2 Å². The number of aliphatic hydroxyl groups excluding tert-OH is 1. The number of hydrogen-bond donors (Lipinski definition) is 5. The van der Waals surface area contributed by atoms with Gasteiger partial charge in [-0.25, -0.2) is 19.8 Å². The van der Waals surface area contributed by atoms with Crippen LogP contribution in [0.1, 0.15) is 97.1 Å². The molecule has 8 rings (SSSR count). The van der Waals surface area contributed by atoms with Crippen LogP contribution in [0.2, 0.25) is 0 Å². The maximum Gasteiger partial charge on any atom is 0.350 e. The van der Waals surface area contributed by atoms with E-state index < -0.39 is 119 Å². The highest BCUT2D eigenvalue weighted by Crippen LogP contribution is 2.64. The summed E-state index contributed by atoms with van der Waals surface area (Å²) in [6.07, 6.45) is -10.8. The zero-order chi connectivity index (χ0) is 52.6. The van der Waals surface area contributed by atoms with Crippen molar-refractivity contribution in [3.8, 4) is 0 Å². The van der Waals surface area contributed by atoms with Crippen LogP contribution in [0.15, 0.2) is 126 Å². The zero-order valence-corrected chi connectivity index (χ0v) is 41.4. The van der Waals surface area contributed by atoms with Gasteiger partial charge in [-0.15, -0.1) is 0 Å². The van der Waals surface area contributed by atoms with Crippen molar-refractivity contribution >= 4 is 47.2 Å². The first-order chi connectivity index (χ1) is 34.7. The average molecular weight is 1000 g/mol. The fraction of sp³-hybridized carbons (Fsp3) is 0.400. The van der Waals surface area contributed by atoms with Crippen LogP contribution in [0.4, 0.5) is 5.69 Å². The molecule has 5 N–H and O–H groups in total. The summed E-state index contributed by atoms with van der Waals surface area (Å²) >= 11 is 0. The Labute approximate surface area is 421 Å². The van der Waals surface area contributed by atoms with Gasteiger partial charge in [-0.05, 0) is 79.1 Å². The van der Waals surface area contributed by atoms with Crippen LogP contribution < -0.4 is 16.2 Å². The van der Waals surface area contributed by atoms with E-state index in [1.54, 1.807) is 112 Å². The SMILES string of the molecule is CNNc1ccc(C(=O)O[C@@H](C(=O)O[C@H]2C[C@@]3(O)[C@@H](OC(=O)c4ccccc4)[C@@H]4[C@]5(OC(C)=O)CO[C@@H]5C[C@H](O)[C@@]4(C)C(=O)C(OC(C)=O)C(=C2C)C3(C)C)[C@@H](NC(=O)c2ccccc2)c2ccccc2)cc1. The highest BCUT2D eigenvalue weighted by Gasteiger charge is 2.78. The van der Waals surface area contributed by atoms with Crippen molar-refractivity contribution in [1.29, 1.82) is 0 Å². The van der Waals surface area contributed by atoms with Gasteiger partial charge in [-0.3, -0.25) is 19.2 Å². The quantitative estimate of drug-likeness (QED) is 0.0474. The number of nitrogens with one attached hydrogen (secondary N) is 3. The third-order valence-electron chi connectivity index (χ3n) is 15.1. The summed E-state index contributed by atoms with van der Waals surface area (Å²) in [5, 5.41) is 29.1. The largest absolute Gasteiger partial charge is 0.455 e. The van der Waals surface area contributed by atoms with Crippen LogP contribution >= 0.6 is 0 Å². The molecule has 73 heavy (non-hydrogen) atoms. The van der Waals surface area contributed by atoms with Gasteiger partial charge in [0.2, 0.25) is 6.10 Å². The molecule has 2 saturated carbocycles. The molecule has 4 aliphatic rings. The minimum atomic E-state index is -2.47. The second-order valence-electron chi connectivity index (χ2n) is 19.7. The van der Waals surface area contributed by atoms with Gasteiger partial charge >= 0.3 is 29.8 Å². The van der Waals surface area contributed by atoms with Crippen LogP contribution in [0.25, 0.3) is 0 Å². The van der Waals surface area contributed by atoms with Gasteiger partial charge in [0.05, 0.1) is 35.2 Å². The second-order valence-corrected chi connectivity index (χ2v) is 19.7. The van der Waals surface area contributed by atoms with Crippen molar-refractivity contribution in [2.75, 3.05) is 19.1 Å².